The molecule has 3 rings (SSSR count). The average molecular weight is 266 g/mol. The molecule has 0 saturated carbocycles. The number of benzene rings is 2. The first-order valence-electron chi connectivity index (χ1n) is 6.14. The van der Waals surface area contributed by atoms with Gasteiger partial charge in [0, 0.05) is 10.9 Å². The summed E-state index contributed by atoms with van der Waals surface area (Å²) in [6.45, 7) is 0. The summed E-state index contributed by atoms with van der Waals surface area (Å²) in [7, 11) is 0. The van der Waals surface area contributed by atoms with E-state index in [1.54, 1.807) is 6.20 Å². The van der Waals surface area contributed by atoms with Gasteiger partial charge in [0.1, 0.15) is 5.82 Å². The third-order valence-corrected chi connectivity index (χ3v) is 2.95. The second kappa shape index (κ2) is 5.09. The molecule has 0 bridgehead atoms. The Morgan fingerprint density at radius 3 is 2.60 bits per heavy atom. The zero-order valence-electron chi connectivity index (χ0n) is 10.5. The van der Waals surface area contributed by atoms with Gasteiger partial charge in [0.05, 0.1) is 17.4 Å². The lowest BCUT2D eigenvalue weighted by Crippen LogP contribution is -2.11. The number of fused-ring (bicyclic) bond motifs is 1. The smallest absolute Gasteiger partial charge is 0.255 e. The van der Waals surface area contributed by atoms with Crippen molar-refractivity contribution in [1.82, 2.24) is 4.98 Å². The van der Waals surface area contributed by atoms with E-state index < -0.39 is 0 Å². The lowest BCUT2D eigenvalue weighted by molar-refractivity contribution is 0.102. The van der Waals surface area contributed by atoms with Crippen LogP contribution in [0.2, 0.25) is 0 Å². The SMILES string of the molecule is O=C(Nc1cnc2ccccc2c1)c1ccc(F)cc1. The standard InChI is InChI=1S/C16H11FN2O/c17-13-7-5-11(6-8-13)16(20)19-14-9-12-3-1-2-4-15(12)18-10-14/h1-10H,(H,19,20). The number of hydrogen-bond acceptors (Lipinski definition) is 2. The van der Waals surface area contributed by atoms with E-state index in [1.165, 1.54) is 24.3 Å². The number of carbonyl (C=O) groups is 1. The summed E-state index contributed by atoms with van der Waals surface area (Å²) < 4.78 is 12.8. The molecular formula is C16H11FN2O. The van der Waals surface area contributed by atoms with E-state index in [9.17, 15) is 9.18 Å². The van der Waals surface area contributed by atoms with E-state index in [4.69, 9.17) is 0 Å². The highest BCUT2D eigenvalue weighted by atomic mass is 19.1. The van der Waals surface area contributed by atoms with E-state index in [1.807, 2.05) is 30.3 Å². The number of halogens is 1. The number of anilines is 1. The Morgan fingerprint density at radius 2 is 1.80 bits per heavy atom. The van der Waals surface area contributed by atoms with Gasteiger partial charge in [-0.25, -0.2) is 4.39 Å². The Labute approximate surface area is 115 Å². The minimum Gasteiger partial charge on any atom is -0.321 e. The highest BCUT2D eigenvalue weighted by molar-refractivity contribution is 6.04. The minimum atomic E-state index is -0.367. The topological polar surface area (TPSA) is 42.0 Å². The monoisotopic (exact) mass is 266 g/mol. The van der Waals surface area contributed by atoms with Crippen LogP contribution in [0.15, 0.2) is 60.8 Å². The fourth-order valence-electron chi connectivity index (χ4n) is 1.94. The summed E-state index contributed by atoms with van der Waals surface area (Å²) in [6, 6.07) is 14.9. The number of rotatable bonds is 2. The molecule has 1 N–H and O–H groups in total. The fourth-order valence-corrected chi connectivity index (χ4v) is 1.94. The summed E-state index contributed by atoms with van der Waals surface area (Å²) >= 11 is 0. The molecule has 0 radical (unpaired) electrons. The van der Waals surface area contributed by atoms with Crippen LogP contribution in [-0.2, 0) is 0 Å². The zero-order chi connectivity index (χ0) is 13.9. The third kappa shape index (κ3) is 2.49. The predicted molar refractivity (Wildman–Crippen MR) is 76.1 cm³/mol. The van der Waals surface area contributed by atoms with Crippen molar-refractivity contribution < 1.29 is 9.18 Å². The molecule has 0 aliphatic carbocycles. The van der Waals surface area contributed by atoms with Crippen LogP contribution in [0.3, 0.4) is 0 Å². The number of para-hydroxylation sites is 1. The van der Waals surface area contributed by atoms with Crippen LogP contribution in [0.4, 0.5) is 10.1 Å². The summed E-state index contributed by atoms with van der Waals surface area (Å²) in [4.78, 5) is 16.3. The molecule has 98 valence electrons. The number of nitrogens with zero attached hydrogens (tertiary/aromatic N) is 1. The van der Waals surface area contributed by atoms with Gasteiger partial charge in [-0.15, -0.1) is 0 Å². The van der Waals surface area contributed by atoms with E-state index in [0.29, 0.717) is 11.3 Å². The Balaban J connectivity index is 1.85. The lowest BCUT2D eigenvalue weighted by atomic mass is 10.2. The first-order chi connectivity index (χ1) is 9.72. The zero-order valence-corrected chi connectivity index (χ0v) is 10.5. The maximum absolute atomic E-state index is 12.8. The van der Waals surface area contributed by atoms with Crippen molar-refractivity contribution in [3.8, 4) is 0 Å². The van der Waals surface area contributed by atoms with Gasteiger partial charge in [-0.2, -0.15) is 0 Å². The second-order valence-corrected chi connectivity index (χ2v) is 4.38. The molecule has 0 saturated heterocycles. The summed E-state index contributed by atoms with van der Waals surface area (Å²) in [5.74, 6) is -0.656. The molecular weight excluding hydrogens is 255 g/mol. The van der Waals surface area contributed by atoms with Crippen LogP contribution in [0.25, 0.3) is 10.9 Å². The molecule has 0 unspecified atom stereocenters. The van der Waals surface area contributed by atoms with E-state index in [2.05, 4.69) is 10.3 Å². The van der Waals surface area contributed by atoms with Crippen LogP contribution in [0.5, 0.6) is 0 Å². The Kier molecular flexibility index (Phi) is 3.13. The lowest BCUT2D eigenvalue weighted by Gasteiger charge is -2.06. The molecule has 0 spiro atoms. The number of nitrogens with one attached hydrogen (secondary N) is 1. The maximum atomic E-state index is 12.8. The van der Waals surface area contributed by atoms with Crippen molar-refractivity contribution in [3.05, 3.63) is 72.2 Å². The number of hydrogen-bond donors (Lipinski definition) is 1. The first kappa shape index (κ1) is 12.3. The Bertz CT molecular complexity index is 769. The maximum Gasteiger partial charge on any atom is 0.255 e. The molecule has 4 heteroatoms. The molecule has 1 amide bonds. The van der Waals surface area contributed by atoms with Crippen LogP contribution in [-0.4, -0.2) is 10.9 Å². The molecule has 0 fully saturated rings. The number of pyridine rings is 1. The van der Waals surface area contributed by atoms with Crippen molar-refractivity contribution in [1.29, 1.82) is 0 Å². The van der Waals surface area contributed by atoms with Gasteiger partial charge in [0.25, 0.3) is 5.91 Å². The van der Waals surface area contributed by atoms with Gasteiger partial charge in [0.15, 0.2) is 0 Å². The Hall–Kier alpha value is -2.75. The molecule has 20 heavy (non-hydrogen) atoms. The minimum absolute atomic E-state index is 0.290. The first-order valence-corrected chi connectivity index (χ1v) is 6.14. The van der Waals surface area contributed by atoms with Crippen LogP contribution < -0.4 is 5.32 Å². The van der Waals surface area contributed by atoms with E-state index in [0.717, 1.165) is 10.9 Å². The van der Waals surface area contributed by atoms with E-state index >= 15 is 0 Å². The summed E-state index contributed by atoms with van der Waals surface area (Å²) in [5, 5.41) is 3.69. The summed E-state index contributed by atoms with van der Waals surface area (Å²) in [5.41, 5.74) is 1.88. The number of amides is 1. The van der Waals surface area contributed by atoms with Crippen LogP contribution in [0, 0.1) is 5.82 Å². The van der Waals surface area contributed by atoms with Gasteiger partial charge < -0.3 is 5.32 Å². The van der Waals surface area contributed by atoms with E-state index in [-0.39, 0.29) is 11.7 Å². The molecule has 2 aromatic carbocycles. The van der Waals surface area contributed by atoms with Crippen molar-refractivity contribution >= 4 is 22.5 Å². The van der Waals surface area contributed by atoms with Crippen molar-refractivity contribution in [2.75, 3.05) is 5.32 Å². The van der Waals surface area contributed by atoms with Crippen molar-refractivity contribution in [2.24, 2.45) is 0 Å². The van der Waals surface area contributed by atoms with Gasteiger partial charge in [0.2, 0.25) is 0 Å². The van der Waals surface area contributed by atoms with Crippen LogP contribution in [0.1, 0.15) is 10.4 Å². The molecule has 0 aliphatic heterocycles. The average Bonchev–Trinajstić information content (AvgIpc) is 2.48. The highest BCUT2D eigenvalue weighted by Crippen LogP contribution is 2.16. The van der Waals surface area contributed by atoms with Gasteiger partial charge in [-0.05, 0) is 36.4 Å². The fraction of sp³-hybridized carbons (Fsp3) is 0. The number of carbonyl (C=O) groups excluding carboxylic acids is 1. The molecule has 0 aliphatic rings. The van der Waals surface area contributed by atoms with Crippen LogP contribution >= 0.6 is 0 Å². The van der Waals surface area contributed by atoms with Crippen molar-refractivity contribution in [3.63, 3.8) is 0 Å². The largest absolute Gasteiger partial charge is 0.321 e. The second-order valence-electron chi connectivity index (χ2n) is 4.38. The molecule has 3 aromatic rings. The predicted octanol–water partition coefficient (Wildman–Crippen LogP) is 3.63. The normalized spacial score (nSPS) is 10.4. The number of aromatic nitrogens is 1. The third-order valence-electron chi connectivity index (χ3n) is 2.95. The quantitative estimate of drug-likeness (QED) is 0.769. The Morgan fingerprint density at radius 1 is 1.05 bits per heavy atom. The van der Waals surface area contributed by atoms with Crippen molar-refractivity contribution in [2.45, 2.75) is 0 Å². The molecule has 0 atom stereocenters. The molecule has 1 heterocycles. The highest BCUT2D eigenvalue weighted by Gasteiger charge is 2.06. The van der Waals surface area contributed by atoms with Gasteiger partial charge >= 0.3 is 0 Å². The van der Waals surface area contributed by atoms with Gasteiger partial charge in [-0.3, -0.25) is 9.78 Å². The van der Waals surface area contributed by atoms with Gasteiger partial charge in [-0.1, -0.05) is 18.2 Å². The molecule has 1 aromatic heterocycles. The molecule has 3 nitrogen and oxygen atoms in total. The summed E-state index contributed by atoms with van der Waals surface area (Å²) in [6.07, 6.45) is 1.60.